The van der Waals surface area contributed by atoms with E-state index in [1.54, 1.807) is 0 Å². The van der Waals surface area contributed by atoms with Gasteiger partial charge >= 0.3 is 29.6 Å². The van der Waals surface area contributed by atoms with Crippen molar-refractivity contribution in [3.63, 3.8) is 0 Å². The third-order valence-electron chi connectivity index (χ3n) is 1.20. The minimum atomic E-state index is -1.12. The topological polar surface area (TPSA) is 66.2 Å². The number of aliphatic carboxylic acids is 1. The quantitative estimate of drug-likeness (QED) is 0.356. The zero-order chi connectivity index (χ0) is 5.49. The Morgan fingerprint density at radius 2 is 2.00 bits per heavy atom. The average molecular weight is 123 g/mol. The van der Waals surface area contributed by atoms with Crippen LogP contribution in [0.5, 0.6) is 0 Å². The zero-order valence-electron chi connectivity index (χ0n) is 4.81. The van der Waals surface area contributed by atoms with Gasteiger partial charge in [-0.15, -0.1) is 0 Å². The molecule has 0 unspecified atom stereocenters. The summed E-state index contributed by atoms with van der Waals surface area (Å²) in [4.78, 5) is 9.85. The minimum absolute atomic E-state index is 0. The summed E-state index contributed by atoms with van der Waals surface area (Å²) in [5.41, 5.74) is 4.18. The Bertz CT molecular complexity index is 111. The molecule has 0 spiro atoms. The number of hydrogen-bond acceptors (Lipinski definition) is 3. The third-order valence-corrected chi connectivity index (χ3v) is 1.20. The van der Waals surface area contributed by atoms with E-state index in [0.29, 0.717) is 12.8 Å². The molecule has 0 aromatic heterocycles. The average Bonchev–Trinajstić information content (AvgIpc) is 2.21. The maximum absolute atomic E-state index is 9.85. The number of rotatable bonds is 1. The van der Waals surface area contributed by atoms with Crippen molar-refractivity contribution in [2.75, 3.05) is 0 Å². The molecule has 0 saturated heterocycles. The van der Waals surface area contributed by atoms with Crippen molar-refractivity contribution >= 4 is 5.97 Å². The van der Waals surface area contributed by atoms with E-state index < -0.39 is 11.5 Å². The fourth-order valence-corrected chi connectivity index (χ4v) is 0.339. The van der Waals surface area contributed by atoms with E-state index in [-0.39, 0.29) is 29.6 Å². The maximum Gasteiger partial charge on any atom is 1.00 e. The van der Waals surface area contributed by atoms with Crippen molar-refractivity contribution in [1.82, 2.24) is 0 Å². The van der Waals surface area contributed by atoms with Gasteiger partial charge in [-0.25, -0.2) is 0 Å². The zero-order valence-corrected chi connectivity index (χ0v) is 6.81. The number of carboxylic acids is 1. The molecule has 0 atom stereocenters. The fourth-order valence-electron chi connectivity index (χ4n) is 0.339. The van der Waals surface area contributed by atoms with E-state index in [2.05, 4.69) is 0 Å². The SMILES string of the molecule is NC1(C(=O)[O-])CC1.[Na+]. The van der Waals surface area contributed by atoms with E-state index in [1.165, 1.54) is 0 Å². The van der Waals surface area contributed by atoms with E-state index in [4.69, 9.17) is 5.73 Å². The number of nitrogens with two attached hydrogens (primary N) is 1. The molecule has 0 bridgehead atoms. The van der Waals surface area contributed by atoms with Crippen LogP contribution in [0, 0.1) is 0 Å². The predicted octanol–water partition coefficient (Wildman–Crippen LogP) is -4.77. The monoisotopic (exact) mass is 123 g/mol. The van der Waals surface area contributed by atoms with Crippen molar-refractivity contribution in [1.29, 1.82) is 0 Å². The smallest absolute Gasteiger partial charge is 0.548 e. The molecule has 40 valence electrons. The molecule has 1 aliphatic rings. The molecule has 0 heterocycles. The Kier molecular flexibility index (Phi) is 2.48. The predicted molar refractivity (Wildman–Crippen MR) is 21.2 cm³/mol. The fraction of sp³-hybridized carbons (Fsp3) is 0.750. The van der Waals surface area contributed by atoms with Gasteiger partial charge in [0.15, 0.2) is 0 Å². The molecule has 8 heavy (non-hydrogen) atoms. The van der Waals surface area contributed by atoms with Gasteiger partial charge in [0.05, 0.1) is 11.5 Å². The summed E-state index contributed by atoms with van der Waals surface area (Å²) >= 11 is 0. The first kappa shape index (κ1) is 8.43. The van der Waals surface area contributed by atoms with Crippen molar-refractivity contribution in [3.05, 3.63) is 0 Å². The molecular weight excluding hydrogens is 117 g/mol. The maximum atomic E-state index is 9.85. The molecule has 1 rings (SSSR count). The molecule has 1 saturated carbocycles. The van der Waals surface area contributed by atoms with Crippen LogP contribution in [0.25, 0.3) is 0 Å². The molecule has 1 aliphatic carbocycles. The van der Waals surface area contributed by atoms with Crippen LogP contribution in [0.15, 0.2) is 0 Å². The van der Waals surface area contributed by atoms with Gasteiger partial charge in [-0.2, -0.15) is 0 Å². The van der Waals surface area contributed by atoms with Gasteiger partial charge in [-0.3, -0.25) is 0 Å². The first-order valence-corrected chi connectivity index (χ1v) is 2.15. The third kappa shape index (κ3) is 1.45. The summed E-state index contributed by atoms with van der Waals surface area (Å²) in [6.45, 7) is 0. The van der Waals surface area contributed by atoms with Gasteiger partial charge in [-0.1, -0.05) is 0 Å². The van der Waals surface area contributed by atoms with Gasteiger partial charge in [0.2, 0.25) is 0 Å². The van der Waals surface area contributed by atoms with Crippen LogP contribution < -0.4 is 40.4 Å². The van der Waals surface area contributed by atoms with Gasteiger partial charge in [0, 0.05) is 0 Å². The van der Waals surface area contributed by atoms with Gasteiger partial charge in [-0.05, 0) is 12.8 Å². The summed E-state index contributed by atoms with van der Waals surface area (Å²) in [5.74, 6) is -1.12. The van der Waals surface area contributed by atoms with Gasteiger partial charge in [0.1, 0.15) is 0 Å². The summed E-state index contributed by atoms with van der Waals surface area (Å²) in [5, 5.41) is 9.85. The number of carbonyl (C=O) groups excluding carboxylic acids is 1. The van der Waals surface area contributed by atoms with Crippen LogP contribution in [0.4, 0.5) is 0 Å². The largest absolute Gasteiger partial charge is 1.00 e. The van der Waals surface area contributed by atoms with E-state index in [9.17, 15) is 9.90 Å². The van der Waals surface area contributed by atoms with Crippen LogP contribution in [-0.2, 0) is 4.79 Å². The van der Waals surface area contributed by atoms with Crippen LogP contribution >= 0.6 is 0 Å². The second-order valence-corrected chi connectivity index (χ2v) is 1.94. The molecule has 2 N–H and O–H groups in total. The second kappa shape index (κ2) is 2.35. The Morgan fingerprint density at radius 1 is 1.62 bits per heavy atom. The van der Waals surface area contributed by atoms with Crippen molar-refractivity contribution < 1.29 is 39.5 Å². The normalized spacial score (nSPS) is 21.1. The summed E-state index contributed by atoms with van der Waals surface area (Å²) in [6, 6.07) is 0. The van der Waals surface area contributed by atoms with Gasteiger partial charge in [0.25, 0.3) is 0 Å². The Balaban J connectivity index is 0.000000490. The number of carbonyl (C=O) groups is 1. The van der Waals surface area contributed by atoms with Crippen molar-refractivity contribution in [2.24, 2.45) is 5.73 Å². The number of hydrogen-bond donors (Lipinski definition) is 1. The van der Waals surface area contributed by atoms with E-state index in [0.717, 1.165) is 0 Å². The van der Waals surface area contributed by atoms with Crippen LogP contribution in [0.3, 0.4) is 0 Å². The first-order chi connectivity index (χ1) is 3.15. The molecule has 0 radical (unpaired) electrons. The van der Waals surface area contributed by atoms with Gasteiger partial charge < -0.3 is 15.6 Å². The number of carboxylic acid groups (broad SMARTS) is 1. The molecule has 3 nitrogen and oxygen atoms in total. The molecular formula is C4H6NNaO2. The van der Waals surface area contributed by atoms with Crippen LogP contribution in [0.1, 0.15) is 12.8 Å². The van der Waals surface area contributed by atoms with Crippen molar-refractivity contribution in [3.8, 4) is 0 Å². The summed E-state index contributed by atoms with van der Waals surface area (Å²) in [7, 11) is 0. The van der Waals surface area contributed by atoms with E-state index >= 15 is 0 Å². The molecule has 0 amide bonds. The first-order valence-electron chi connectivity index (χ1n) is 2.15. The van der Waals surface area contributed by atoms with E-state index in [1.807, 2.05) is 0 Å². The molecule has 0 aromatic rings. The Labute approximate surface area is 69.5 Å². The summed E-state index contributed by atoms with van der Waals surface area (Å²) < 4.78 is 0. The van der Waals surface area contributed by atoms with Crippen molar-refractivity contribution in [2.45, 2.75) is 18.4 Å². The molecule has 0 aromatic carbocycles. The van der Waals surface area contributed by atoms with Crippen LogP contribution in [0.2, 0.25) is 0 Å². The molecule has 1 fully saturated rings. The Hall–Kier alpha value is 0.430. The Morgan fingerprint density at radius 3 is 2.00 bits per heavy atom. The standard InChI is InChI=1S/C4H7NO2.Na/c5-4(1-2-4)3(6)7;/h1-2,5H2,(H,6,7);/q;+1/p-1. The minimum Gasteiger partial charge on any atom is -0.548 e. The summed E-state index contributed by atoms with van der Waals surface area (Å²) in [6.07, 6.45) is 1.16. The molecule has 4 heteroatoms. The molecule has 0 aliphatic heterocycles. The van der Waals surface area contributed by atoms with Crippen LogP contribution in [-0.4, -0.2) is 11.5 Å². The second-order valence-electron chi connectivity index (χ2n) is 1.94.